The lowest BCUT2D eigenvalue weighted by atomic mass is 9.76. The molecular weight excluding hydrogens is 504 g/mol. The Morgan fingerprint density at radius 2 is 1.65 bits per heavy atom. The summed E-state index contributed by atoms with van der Waals surface area (Å²) in [5.41, 5.74) is 2.20. The number of rotatable bonds is 9. The third kappa shape index (κ3) is 5.80. The second-order valence-electron chi connectivity index (χ2n) is 11.8. The Bertz CT molecular complexity index is 1270. The highest BCUT2D eigenvalue weighted by Crippen LogP contribution is 2.58. The maximum absolute atomic E-state index is 13.1. The van der Waals surface area contributed by atoms with Gasteiger partial charge < -0.3 is 14.6 Å². The molecule has 3 saturated carbocycles. The van der Waals surface area contributed by atoms with Crippen molar-refractivity contribution >= 4 is 17.9 Å². The van der Waals surface area contributed by atoms with E-state index >= 15 is 0 Å². The van der Waals surface area contributed by atoms with Gasteiger partial charge in [0.15, 0.2) is 5.60 Å². The number of terminal acetylenes is 1. The SMILES string of the molecule is C#CC1(OC(=O)c2ccc(OC(=O)C3CCC(C(=O)O)CC3)cc2)CC2CC1CC2c1ccc(CCCC)cc1. The van der Waals surface area contributed by atoms with Gasteiger partial charge in [0.25, 0.3) is 0 Å². The smallest absolute Gasteiger partial charge is 0.339 e. The Labute approximate surface area is 236 Å². The third-order valence-corrected chi connectivity index (χ3v) is 9.38. The number of ether oxygens (including phenoxy) is 2. The van der Waals surface area contributed by atoms with Crippen LogP contribution >= 0.6 is 0 Å². The average molecular weight is 543 g/mol. The van der Waals surface area contributed by atoms with Crippen molar-refractivity contribution in [1.29, 1.82) is 0 Å². The zero-order valence-corrected chi connectivity index (χ0v) is 23.1. The summed E-state index contributed by atoms with van der Waals surface area (Å²) in [5, 5.41) is 9.15. The minimum atomic E-state index is -0.890. The van der Waals surface area contributed by atoms with Crippen molar-refractivity contribution in [3.63, 3.8) is 0 Å². The molecular formula is C34H38O6. The number of carboxylic acids is 1. The summed E-state index contributed by atoms with van der Waals surface area (Å²) in [6, 6.07) is 15.4. The molecule has 6 nitrogen and oxygen atoms in total. The topological polar surface area (TPSA) is 89.9 Å². The van der Waals surface area contributed by atoms with Crippen LogP contribution < -0.4 is 4.74 Å². The Morgan fingerprint density at radius 1 is 0.975 bits per heavy atom. The van der Waals surface area contributed by atoms with E-state index in [0.29, 0.717) is 55.3 Å². The molecule has 0 saturated heterocycles. The monoisotopic (exact) mass is 542 g/mol. The second kappa shape index (κ2) is 11.9. The molecule has 0 amide bonds. The molecule has 2 aromatic rings. The molecule has 6 heteroatoms. The molecule has 3 aliphatic rings. The van der Waals surface area contributed by atoms with Crippen molar-refractivity contribution in [1.82, 2.24) is 0 Å². The molecule has 4 atom stereocenters. The predicted molar refractivity (Wildman–Crippen MR) is 151 cm³/mol. The van der Waals surface area contributed by atoms with Crippen LogP contribution in [-0.2, 0) is 20.7 Å². The van der Waals surface area contributed by atoms with Crippen LogP contribution in [0.4, 0.5) is 0 Å². The van der Waals surface area contributed by atoms with Crippen LogP contribution in [0.5, 0.6) is 5.75 Å². The number of benzene rings is 2. The first kappa shape index (κ1) is 28.0. The molecule has 0 aromatic heterocycles. The van der Waals surface area contributed by atoms with Crippen molar-refractivity contribution in [3.8, 4) is 18.1 Å². The average Bonchev–Trinajstić information content (AvgIpc) is 3.55. The summed E-state index contributed by atoms with van der Waals surface area (Å²) in [6.45, 7) is 2.21. The third-order valence-electron chi connectivity index (χ3n) is 9.38. The summed E-state index contributed by atoms with van der Waals surface area (Å²) < 4.78 is 11.5. The van der Waals surface area contributed by atoms with Crippen LogP contribution in [0, 0.1) is 36.0 Å². The van der Waals surface area contributed by atoms with Gasteiger partial charge in [0.05, 0.1) is 17.4 Å². The van der Waals surface area contributed by atoms with Gasteiger partial charge in [-0.25, -0.2) is 4.79 Å². The van der Waals surface area contributed by atoms with E-state index in [2.05, 4.69) is 37.1 Å². The van der Waals surface area contributed by atoms with Gasteiger partial charge in [-0.05, 0) is 98.6 Å². The minimum Gasteiger partial charge on any atom is -0.481 e. The van der Waals surface area contributed by atoms with E-state index in [-0.39, 0.29) is 23.7 Å². The van der Waals surface area contributed by atoms with Gasteiger partial charge in [0.1, 0.15) is 5.75 Å². The summed E-state index contributed by atoms with van der Waals surface area (Å²) in [5.74, 6) is 1.83. The van der Waals surface area contributed by atoms with Crippen LogP contribution in [0.2, 0.25) is 0 Å². The molecule has 0 radical (unpaired) electrons. The van der Waals surface area contributed by atoms with Gasteiger partial charge in [0, 0.05) is 12.3 Å². The standard InChI is InChI=1S/C34H38O6/c1-3-5-6-22-7-9-23(10-8-22)30-20-28-19-27(30)21-34(28,4-2)40-33(38)26-15-17-29(18-16-26)39-32(37)25-13-11-24(12-14-25)31(35)36/h2,7-10,15-18,24-25,27-28,30H,3,5-6,11-14,19-21H2,1H3,(H,35,36). The molecule has 2 bridgehead atoms. The number of fused-ring (bicyclic) bond motifs is 2. The van der Waals surface area contributed by atoms with Crippen LogP contribution in [0.3, 0.4) is 0 Å². The number of aryl methyl sites for hydroxylation is 1. The van der Waals surface area contributed by atoms with Gasteiger partial charge in [-0.2, -0.15) is 0 Å². The van der Waals surface area contributed by atoms with Crippen LogP contribution in [-0.4, -0.2) is 28.6 Å². The van der Waals surface area contributed by atoms with Gasteiger partial charge >= 0.3 is 17.9 Å². The number of carbonyl (C=O) groups excluding carboxylic acids is 2. The van der Waals surface area contributed by atoms with Gasteiger partial charge in [-0.15, -0.1) is 6.42 Å². The van der Waals surface area contributed by atoms with Gasteiger partial charge in [0.2, 0.25) is 0 Å². The molecule has 5 rings (SSSR count). The zero-order valence-electron chi connectivity index (χ0n) is 23.1. The fourth-order valence-electron chi connectivity index (χ4n) is 7.00. The van der Waals surface area contributed by atoms with E-state index < -0.39 is 17.5 Å². The Kier molecular flexibility index (Phi) is 8.30. The molecule has 0 spiro atoms. The summed E-state index contributed by atoms with van der Waals surface area (Å²) in [6.07, 6.45) is 14.0. The number of unbranched alkanes of at least 4 members (excludes halogenated alkanes) is 1. The fourth-order valence-corrected chi connectivity index (χ4v) is 7.00. The maximum Gasteiger partial charge on any atom is 0.339 e. The van der Waals surface area contributed by atoms with Crippen LogP contribution in [0.15, 0.2) is 48.5 Å². The number of esters is 2. The molecule has 2 aromatic carbocycles. The highest BCUT2D eigenvalue weighted by atomic mass is 16.6. The minimum absolute atomic E-state index is 0.132. The van der Waals surface area contributed by atoms with Crippen molar-refractivity contribution in [3.05, 3.63) is 65.2 Å². The molecule has 4 unspecified atom stereocenters. The highest BCUT2D eigenvalue weighted by Gasteiger charge is 2.57. The number of aliphatic carboxylic acids is 1. The number of hydrogen-bond acceptors (Lipinski definition) is 5. The lowest BCUT2D eigenvalue weighted by Crippen LogP contribution is -2.40. The van der Waals surface area contributed by atoms with Crippen molar-refractivity contribution in [2.45, 2.75) is 82.7 Å². The number of carboxylic acid groups (broad SMARTS) is 1. The molecule has 3 aliphatic carbocycles. The Morgan fingerprint density at radius 3 is 2.23 bits per heavy atom. The van der Waals surface area contributed by atoms with Crippen LogP contribution in [0.25, 0.3) is 0 Å². The van der Waals surface area contributed by atoms with Crippen molar-refractivity contribution in [2.75, 3.05) is 0 Å². The maximum atomic E-state index is 13.1. The largest absolute Gasteiger partial charge is 0.481 e. The lowest BCUT2D eigenvalue weighted by Gasteiger charge is -2.35. The summed E-state index contributed by atoms with van der Waals surface area (Å²) in [7, 11) is 0. The zero-order chi connectivity index (χ0) is 28.3. The van der Waals surface area contributed by atoms with E-state index in [1.54, 1.807) is 24.3 Å². The fraction of sp³-hybridized carbons (Fsp3) is 0.500. The molecule has 1 N–H and O–H groups in total. The first-order chi connectivity index (χ1) is 19.3. The summed E-state index contributed by atoms with van der Waals surface area (Å²) >= 11 is 0. The Hall–Kier alpha value is -3.59. The normalized spacial score (nSPS) is 28.9. The quantitative estimate of drug-likeness (QED) is 0.219. The first-order valence-corrected chi connectivity index (χ1v) is 14.7. The highest BCUT2D eigenvalue weighted by molar-refractivity contribution is 5.90. The number of carbonyl (C=O) groups is 3. The number of hydrogen-bond donors (Lipinski definition) is 1. The first-order valence-electron chi connectivity index (χ1n) is 14.7. The molecule has 0 heterocycles. The van der Waals surface area contributed by atoms with Crippen LogP contribution in [0.1, 0.15) is 92.1 Å². The lowest BCUT2D eigenvalue weighted by molar-refractivity contribution is -0.146. The summed E-state index contributed by atoms with van der Waals surface area (Å²) in [4.78, 5) is 36.8. The van der Waals surface area contributed by atoms with E-state index in [1.807, 2.05) is 0 Å². The molecule has 210 valence electrons. The molecule has 3 fully saturated rings. The van der Waals surface area contributed by atoms with E-state index in [1.165, 1.54) is 24.0 Å². The van der Waals surface area contributed by atoms with Crippen molar-refractivity contribution < 1.29 is 29.0 Å². The molecule has 0 aliphatic heterocycles. The van der Waals surface area contributed by atoms with Crippen molar-refractivity contribution in [2.24, 2.45) is 23.7 Å². The van der Waals surface area contributed by atoms with Gasteiger partial charge in [-0.1, -0.05) is 43.5 Å². The molecule has 40 heavy (non-hydrogen) atoms. The van der Waals surface area contributed by atoms with E-state index in [0.717, 1.165) is 19.3 Å². The van der Waals surface area contributed by atoms with E-state index in [9.17, 15) is 14.4 Å². The predicted octanol–water partition coefficient (Wildman–Crippen LogP) is 6.57. The Balaban J connectivity index is 1.15. The second-order valence-corrected chi connectivity index (χ2v) is 11.8. The van der Waals surface area contributed by atoms with Gasteiger partial charge in [-0.3, -0.25) is 9.59 Å². The van der Waals surface area contributed by atoms with E-state index in [4.69, 9.17) is 21.0 Å².